The van der Waals surface area contributed by atoms with E-state index in [0.29, 0.717) is 6.54 Å². The Kier molecular flexibility index (Phi) is 1.20. The van der Waals surface area contributed by atoms with Crippen molar-refractivity contribution in [3.63, 3.8) is 0 Å². The number of ether oxygens (including phenoxy) is 1. The van der Waals surface area contributed by atoms with Crippen LogP contribution in [0.25, 0.3) is 0 Å². The lowest BCUT2D eigenvalue weighted by Gasteiger charge is -2.18. The first kappa shape index (κ1) is 6.67. The number of rotatable bonds is 1. The van der Waals surface area contributed by atoms with Gasteiger partial charge in [-0.15, -0.1) is 0 Å². The van der Waals surface area contributed by atoms with Gasteiger partial charge in [-0.3, -0.25) is 0 Å². The van der Waals surface area contributed by atoms with Crippen LogP contribution in [-0.2, 0) is 6.54 Å². The molecule has 0 saturated carbocycles. The van der Waals surface area contributed by atoms with Gasteiger partial charge >= 0.3 is 0 Å². The molecule has 2 heterocycles. The van der Waals surface area contributed by atoms with Gasteiger partial charge < -0.3 is 9.84 Å². The fraction of sp³-hybridized carbons (Fsp3) is 0.571. The quantitative estimate of drug-likeness (QED) is 0.620. The van der Waals surface area contributed by atoms with Gasteiger partial charge in [0.25, 0.3) is 0 Å². The highest BCUT2D eigenvalue weighted by Gasteiger charge is 2.34. The first-order valence-corrected chi connectivity index (χ1v) is 3.55. The van der Waals surface area contributed by atoms with Crippen LogP contribution >= 0.6 is 0 Å². The number of aromatic nitrogens is 2. The summed E-state index contributed by atoms with van der Waals surface area (Å²) in [6, 6.07) is 1.79. The second-order valence-electron chi connectivity index (χ2n) is 3.04. The minimum Gasteiger partial charge on any atom is -0.467 e. The molecule has 1 atom stereocenters. The molecular weight excluding hydrogens is 144 g/mol. The van der Waals surface area contributed by atoms with Crippen molar-refractivity contribution in [2.24, 2.45) is 0 Å². The molecule has 4 heteroatoms. The van der Waals surface area contributed by atoms with E-state index in [1.54, 1.807) is 16.9 Å². The Balaban J connectivity index is 2.28. The molecule has 0 amide bonds. The lowest BCUT2D eigenvalue weighted by atomic mass is 10.1. The molecule has 1 aromatic heterocycles. The number of aliphatic hydroxyl groups excluding tert-OH is 1. The van der Waals surface area contributed by atoms with E-state index in [4.69, 9.17) is 9.84 Å². The molecule has 0 radical (unpaired) electrons. The molecule has 0 bridgehead atoms. The summed E-state index contributed by atoms with van der Waals surface area (Å²) in [5, 5.41) is 13.0. The largest absolute Gasteiger partial charge is 0.467 e. The molecule has 0 aliphatic carbocycles. The maximum absolute atomic E-state index is 8.95. The van der Waals surface area contributed by atoms with Gasteiger partial charge in [-0.25, -0.2) is 4.68 Å². The van der Waals surface area contributed by atoms with Gasteiger partial charge in [0.15, 0.2) is 5.60 Å². The molecule has 4 nitrogen and oxygen atoms in total. The minimum absolute atomic E-state index is 0.0242. The van der Waals surface area contributed by atoms with Crippen LogP contribution in [0, 0.1) is 0 Å². The van der Waals surface area contributed by atoms with Gasteiger partial charge in [0.2, 0.25) is 5.88 Å². The molecule has 11 heavy (non-hydrogen) atoms. The van der Waals surface area contributed by atoms with Gasteiger partial charge in [0.05, 0.1) is 19.3 Å². The van der Waals surface area contributed by atoms with E-state index in [1.807, 2.05) is 6.92 Å². The lowest BCUT2D eigenvalue weighted by Crippen LogP contribution is -2.35. The van der Waals surface area contributed by atoms with Crippen molar-refractivity contribution in [1.29, 1.82) is 0 Å². The Labute approximate surface area is 64.4 Å². The third kappa shape index (κ3) is 0.903. The van der Waals surface area contributed by atoms with Gasteiger partial charge in [-0.05, 0) is 6.92 Å². The average molecular weight is 154 g/mol. The minimum atomic E-state index is -0.469. The Morgan fingerprint density at radius 1 is 1.91 bits per heavy atom. The Morgan fingerprint density at radius 2 is 2.73 bits per heavy atom. The fourth-order valence-corrected chi connectivity index (χ4v) is 1.21. The highest BCUT2D eigenvalue weighted by Crippen LogP contribution is 2.27. The van der Waals surface area contributed by atoms with Crippen molar-refractivity contribution in [1.82, 2.24) is 9.78 Å². The maximum Gasteiger partial charge on any atom is 0.212 e. The zero-order valence-corrected chi connectivity index (χ0v) is 6.32. The summed E-state index contributed by atoms with van der Waals surface area (Å²) >= 11 is 0. The van der Waals surface area contributed by atoms with Crippen molar-refractivity contribution in [3.05, 3.63) is 12.3 Å². The highest BCUT2D eigenvalue weighted by molar-refractivity contribution is 5.14. The van der Waals surface area contributed by atoms with Crippen LogP contribution in [0.1, 0.15) is 6.92 Å². The molecule has 0 fully saturated rings. The smallest absolute Gasteiger partial charge is 0.212 e. The number of hydrogen-bond acceptors (Lipinski definition) is 3. The number of aliphatic hydroxyl groups is 1. The van der Waals surface area contributed by atoms with E-state index in [0.717, 1.165) is 5.88 Å². The highest BCUT2D eigenvalue weighted by atomic mass is 16.5. The van der Waals surface area contributed by atoms with E-state index in [1.165, 1.54) is 0 Å². The van der Waals surface area contributed by atoms with Gasteiger partial charge in [-0.2, -0.15) is 5.10 Å². The third-order valence-corrected chi connectivity index (χ3v) is 1.85. The summed E-state index contributed by atoms with van der Waals surface area (Å²) in [5.74, 6) is 0.738. The van der Waals surface area contributed by atoms with Crippen LogP contribution in [0.2, 0.25) is 0 Å². The van der Waals surface area contributed by atoms with Crippen LogP contribution in [0.4, 0.5) is 0 Å². The molecule has 0 aromatic carbocycles. The molecule has 60 valence electrons. The van der Waals surface area contributed by atoms with E-state index >= 15 is 0 Å². The first-order chi connectivity index (χ1) is 5.23. The van der Waals surface area contributed by atoms with E-state index in [-0.39, 0.29) is 6.61 Å². The normalized spacial score (nSPS) is 28.2. The van der Waals surface area contributed by atoms with Crippen LogP contribution in [0.15, 0.2) is 12.3 Å². The monoisotopic (exact) mass is 154 g/mol. The third-order valence-electron chi connectivity index (χ3n) is 1.85. The SMILES string of the molecule is CC1(CO)Cn2nccc2O1. The van der Waals surface area contributed by atoms with Crippen molar-refractivity contribution in [3.8, 4) is 5.88 Å². The number of hydrogen-bond donors (Lipinski definition) is 1. The summed E-state index contributed by atoms with van der Waals surface area (Å²) in [5.41, 5.74) is -0.469. The second-order valence-corrected chi connectivity index (χ2v) is 3.04. The molecule has 1 aliphatic rings. The molecule has 0 spiro atoms. The fourth-order valence-electron chi connectivity index (χ4n) is 1.21. The Bertz CT molecular complexity index is 249. The molecule has 0 saturated heterocycles. The maximum atomic E-state index is 8.95. The summed E-state index contributed by atoms with van der Waals surface area (Å²) < 4.78 is 7.18. The van der Waals surface area contributed by atoms with Crippen LogP contribution < -0.4 is 4.74 Å². The van der Waals surface area contributed by atoms with Crippen molar-refractivity contribution < 1.29 is 9.84 Å². The molecular formula is C7H10N2O2. The van der Waals surface area contributed by atoms with Gasteiger partial charge in [0.1, 0.15) is 0 Å². The summed E-state index contributed by atoms with van der Waals surface area (Å²) in [6.45, 7) is 2.52. The molecule has 1 N–H and O–H groups in total. The van der Waals surface area contributed by atoms with Crippen molar-refractivity contribution >= 4 is 0 Å². The van der Waals surface area contributed by atoms with Crippen molar-refractivity contribution in [2.45, 2.75) is 19.1 Å². The zero-order valence-electron chi connectivity index (χ0n) is 6.32. The molecule has 1 aromatic rings. The van der Waals surface area contributed by atoms with Gasteiger partial charge in [0, 0.05) is 6.07 Å². The summed E-state index contributed by atoms with van der Waals surface area (Å²) in [4.78, 5) is 0. The standard InChI is InChI=1S/C7H10N2O2/c1-7(5-10)4-9-6(11-7)2-3-8-9/h2-3,10H,4-5H2,1H3. The summed E-state index contributed by atoms with van der Waals surface area (Å²) in [7, 11) is 0. The lowest BCUT2D eigenvalue weighted by molar-refractivity contribution is 0.0417. The predicted octanol–water partition coefficient (Wildman–Crippen LogP) is 0.0265. The number of nitrogens with zero attached hydrogens (tertiary/aromatic N) is 2. The zero-order chi connectivity index (χ0) is 7.90. The first-order valence-electron chi connectivity index (χ1n) is 3.55. The van der Waals surface area contributed by atoms with Crippen LogP contribution in [0.5, 0.6) is 5.88 Å². The van der Waals surface area contributed by atoms with E-state index in [2.05, 4.69) is 5.10 Å². The molecule has 2 rings (SSSR count). The number of fused-ring (bicyclic) bond motifs is 1. The van der Waals surface area contributed by atoms with Crippen LogP contribution in [-0.4, -0.2) is 27.1 Å². The van der Waals surface area contributed by atoms with Gasteiger partial charge in [-0.1, -0.05) is 0 Å². The average Bonchev–Trinajstić information content (AvgIpc) is 2.46. The molecule has 1 aliphatic heterocycles. The second kappa shape index (κ2) is 1.98. The predicted molar refractivity (Wildman–Crippen MR) is 38.3 cm³/mol. The van der Waals surface area contributed by atoms with E-state index in [9.17, 15) is 0 Å². The Hall–Kier alpha value is -1.03. The molecule has 1 unspecified atom stereocenters. The Morgan fingerprint density at radius 3 is 3.36 bits per heavy atom. The van der Waals surface area contributed by atoms with Crippen molar-refractivity contribution in [2.75, 3.05) is 6.61 Å². The van der Waals surface area contributed by atoms with Crippen LogP contribution in [0.3, 0.4) is 0 Å². The topological polar surface area (TPSA) is 47.3 Å². The van der Waals surface area contributed by atoms with E-state index < -0.39 is 5.60 Å². The summed E-state index contributed by atoms with van der Waals surface area (Å²) in [6.07, 6.45) is 1.69.